The van der Waals surface area contributed by atoms with E-state index in [2.05, 4.69) is 34.9 Å². The first-order valence-corrected chi connectivity index (χ1v) is 9.88. The zero-order valence-electron chi connectivity index (χ0n) is 16.5. The Bertz CT molecular complexity index is 872. The SMILES string of the molecule is CC(NC(=O)c1ccccc1)C(=O)NCCC(c1ccccc1)c1ccccc1. The second-order valence-corrected chi connectivity index (χ2v) is 7.01. The van der Waals surface area contributed by atoms with Crippen LogP contribution in [0, 0.1) is 0 Å². The van der Waals surface area contributed by atoms with Gasteiger partial charge in [0.15, 0.2) is 0 Å². The molecule has 0 saturated heterocycles. The smallest absolute Gasteiger partial charge is 0.251 e. The van der Waals surface area contributed by atoms with Crippen molar-refractivity contribution in [2.24, 2.45) is 0 Å². The summed E-state index contributed by atoms with van der Waals surface area (Å²) >= 11 is 0. The van der Waals surface area contributed by atoms with Gasteiger partial charge in [0.2, 0.25) is 5.91 Å². The third-order valence-corrected chi connectivity index (χ3v) is 4.91. The molecule has 0 aliphatic rings. The molecule has 148 valence electrons. The molecule has 0 aliphatic carbocycles. The standard InChI is InChI=1S/C25H26N2O2/c1-19(27-25(29)22-15-9-4-10-16-22)24(28)26-18-17-23(20-11-5-2-6-12-20)21-13-7-3-8-14-21/h2-16,19,23H,17-18H2,1H3,(H,26,28)(H,27,29). The Hall–Kier alpha value is -3.40. The molecule has 0 aliphatic heterocycles. The van der Waals surface area contributed by atoms with E-state index in [0.717, 1.165) is 6.42 Å². The van der Waals surface area contributed by atoms with Crippen LogP contribution in [-0.4, -0.2) is 24.4 Å². The number of nitrogens with one attached hydrogen (secondary N) is 2. The Labute approximate surface area is 172 Å². The molecule has 3 aromatic rings. The number of benzene rings is 3. The van der Waals surface area contributed by atoms with Crippen LogP contribution in [-0.2, 0) is 4.79 Å². The van der Waals surface area contributed by atoms with Crippen molar-refractivity contribution in [1.82, 2.24) is 10.6 Å². The number of amides is 2. The fraction of sp³-hybridized carbons (Fsp3) is 0.200. The normalized spacial score (nSPS) is 11.7. The lowest BCUT2D eigenvalue weighted by Gasteiger charge is -2.19. The highest BCUT2D eigenvalue weighted by molar-refractivity contribution is 5.97. The fourth-order valence-corrected chi connectivity index (χ4v) is 3.32. The second kappa shape index (κ2) is 10.2. The molecule has 29 heavy (non-hydrogen) atoms. The molecular weight excluding hydrogens is 360 g/mol. The van der Waals surface area contributed by atoms with Gasteiger partial charge in [0.1, 0.15) is 6.04 Å². The first-order chi connectivity index (χ1) is 14.1. The lowest BCUT2D eigenvalue weighted by Crippen LogP contribution is -2.45. The quantitative estimate of drug-likeness (QED) is 0.611. The lowest BCUT2D eigenvalue weighted by atomic mass is 9.88. The van der Waals surface area contributed by atoms with E-state index in [0.29, 0.717) is 12.1 Å². The molecule has 0 aromatic heterocycles. The predicted molar refractivity (Wildman–Crippen MR) is 116 cm³/mol. The summed E-state index contributed by atoms with van der Waals surface area (Å²) in [6.07, 6.45) is 0.777. The largest absolute Gasteiger partial charge is 0.354 e. The van der Waals surface area contributed by atoms with Gasteiger partial charge in [0.05, 0.1) is 0 Å². The zero-order valence-corrected chi connectivity index (χ0v) is 16.5. The maximum Gasteiger partial charge on any atom is 0.251 e. The number of rotatable bonds is 8. The first-order valence-electron chi connectivity index (χ1n) is 9.88. The van der Waals surface area contributed by atoms with Crippen molar-refractivity contribution in [2.45, 2.75) is 25.3 Å². The van der Waals surface area contributed by atoms with Crippen LogP contribution in [0.1, 0.15) is 40.7 Å². The molecule has 2 amide bonds. The molecule has 1 unspecified atom stereocenters. The minimum atomic E-state index is -0.602. The van der Waals surface area contributed by atoms with E-state index in [4.69, 9.17) is 0 Å². The first kappa shape index (κ1) is 20.3. The average Bonchev–Trinajstić information content (AvgIpc) is 2.78. The van der Waals surface area contributed by atoms with Crippen LogP contribution in [0.5, 0.6) is 0 Å². The van der Waals surface area contributed by atoms with Crippen LogP contribution in [0.4, 0.5) is 0 Å². The highest BCUT2D eigenvalue weighted by atomic mass is 16.2. The lowest BCUT2D eigenvalue weighted by molar-refractivity contribution is -0.122. The number of hydrogen-bond acceptors (Lipinski definition) is 2. The van der Waals surface area contributed by atoms with Crippen LogP contribution >= 0.6 is 0 Å². The molecular formula is C25H26N2O2. The minimum absolute atomic E-state index is 0.186. The third-order valence-electron chi connectivity index (χ3n) is 4.91. The Morgan fingerprint density at radius 3 is 1.76 bits per heavy atom. The maximum absolute atomic E-state index is 12.4. The molecule has 1 atom stereocenters. The van der Waals surface area contributed by atoms with E-state index in [1.165, 1.54) is 11.1 Å². The van der Waals surface area contributed by atoms with Gasteiger partial charge in [0.25, 0.3) is 5.91 Å². The van der Waals surface area contributed by atoms with Gasteiger partial charge >= 0.3 is 0 Å². The van der Waals surface area contributed by atoms with E-state index in [9.17, 15) is 9.59 Å². The summed E-state index contributed by atoms with van der Waals surface area (Å²) in [5.41, 5.74) is 2.98. The van der Waals surface area contributed by atoms with Crippen LogP contribution in [0.25, 0.3) is 0 Å². The van der Waals surface area contributed by atoms with Gasteiger partial charge in [-0.2, -0.15) is 0 Å². The Balaban J connectivity index is 1.56. The molecule has 4 heteroatoms. The molecule has 0 spiro atoms. The molecule has 0 saturated carbocycles. The predicted octanol–water partition coefficient (Wildman–Crippen LogP) is 4.14. The Morgan fingerprint density at radius 2 is 1.24 bits per heavy atom. The van der Waals surface area contributed by atoms with Gasteiger partial charge in [-0.15, -0.1) is 0 Å². The molecule has 4 nitrogen and oxygen atoms in total. The van der Waals surface area contributed by atoms with Crippen molar-refractivity contribution in [1.29, 1.82) is 0 Å². The number of carbonyl (C=O) groups is 2. The molecule has 0 bridgehead atoms. The Morgan fingerprint density at radius 1 is 0.759 bits per heavy atom. The molecule has 0 radical (unpaired) electrons. The molecule has 2 N–H and O–H groups in total. The van der Waals surface area contributed by atoms with Gasteiger partial charge in [-0.1, -0.05) is 78.9 Å². The Kier molecular flexibility index (Phi) is 7.17. The van der Waals surface area contributed by atoms with Gasteiger partial charge in [-0.05, 0) is 36.6 Å². The summed E-state index contributed by atoms with van der Waals surface area (Å²) in [6, 6.07) is 28.9. The van der Waals surface area contributed by atoms with Gasteiger partial charge < -0.3 is 10.6 Å². The van der Waals surface area contributed by atoms with Crippen molar-refractivity contribution in [3.63, 3.8) is 0 Å². The van der Waals surface area contributed by atoms with Crippen LogP contribution in [0.2, 0.25) is 0 Å². The van der Waals surface area contributed by atoms with Crippen molar-refractivity contribution in [2.75, 3.05) is 6.54 Å². The minimum Gasteiger partial charge on any atom is -0.354 e. The molecule has 3 rings (SSSR count). The van der Waals surface area contributed by atoms with E-state index >= 15 is 0 Å². The summed E-state index contributed by atoms with van der Waals surface area (Å²) in [7, 11) is 0. The third kappa shape index (κ3) is 5.79. The second-order valence-electron chi connectivity index (χ2n) is 7.01. The summed E-state index contributed by atoms with van der Waals surface area (Å²) < 4.78 is 0. The summed E-state index contributed by atoms with van der Waals surface area (Å²) in [5.74, 6) is -0.235. The van der Waals surface area contributed by atoms with Gasteiger partial charge in [-0.3, -0.25) is 9.59 Å². The molecule has 3 aromatic carbocycles. The van der Waals surface area contributed by atoms with Crippen molar-refractivity contribution >= 4 is 11.8 Å². The summed E-state index contributed by atoms with van der Waals surface area (Å²) in [6.45, 7) is 2.22. The molecule has 0 fully saturated rings. The zero-order chi connectivity index (χ0) is 20.5. The number of hydrogen-bond donors (Lipinski definition) is 2. The highest BCUT2D eigenvalue weighted by Gasteiger charge is 2.18. The topological polar surface area (TPSA) is 58.2 Å². The van der Waals surface area contributed by atoms with E-state index in [1.807, 2.05) is 42.5 Å². The van der Waals surface area contributed by atoms with Crippen molar-refractivity contribution in [3.8, 4) is 0 Å². The van der Waals surface area contributed by atoms with E-state index in [1.54, 1.807) is 31.2 Å². The number of carbonyl (C=O) groups excluding carboxylic acids is 2. The average molecular weight is 386 g/mol. The van der Waals surface area contributed by atoms with Crippen LogP contribution < -0.4 is 10.6 Å². The maximum atomic E-state index is 12.4. The highest BCUT2D eigenvalue weighted by Crippen LogP contribution is 2.27. The van der Waals surface area contributed by atoms with E-state index in [-0.39, 0.29) is 17.7 Å². The summed E-state index contributed by atoms with van der Waals surface area (Å²) in [4.78, 5) is 24.7. The van der Waals surface area contributed by atoms with Gasteiger partial charge in [-0.25, -0.2) is 0 Å². The van der Waals surface area contributed by atoms with Crippen LogP contribution in [0.15, 0.2) is 91.0 Å². The fourth-order valence-electron chi connectivity index (χ4n) is 3.32. The van der Waals surface area contributed by atoms with Gasteiger partial charge in [0, 0.05) is 18.0 Å². The monoisotopic (exact) mass is 386 g/mol. The molecule has 0 heterocycles. The van der Waals surface area contributed by atoms with Crippen molar-refractivity contribution in [3.05, 3.63) is 108 Å². The van der Waals surface area contributed by atoms with Crippen LogP contribution in [0.3, 0.4) is 0 Å². The van der Waals surface area contributed by atoms with E-state index < -0.39 is 6.04 Å². The summed E-state index contributed by atoms with van der Waals surface area (Å²) in [5, 5.41) is 5.70. The van der Waals surface area contributed by atoms with Crippen molar-refractivity contribution < 1.29 is 9.59 Å².